The molecule has 1 atom stereocenters. The lowest BCUT2D eigenvalue weighted by atomic mass is 10.2. The van der Waals surface area contributed by atoms with Crippen molar-refractivity contribution in [3.8, 4) is 0 Å². The van der Waals surface area contributed by atoms with Gasteiger partial charge in [-0.1, -0.05) is 12.8 Å². The Hall–Kier alpha value is -1.47. The highest BCUT2D eigenvalue weighted by Crippen LogP contribution is 2.28. The van der Waals surface area contributed by atoms with Crippen molar-refractivity contribution in [2.24, 2.45) is 0 Å². The van der Waals surface area contributed by atoms with Crippen molar-refractivity contribution in [2.75, 3.05) is 19.6 Å². The zero-order valence-corrected chi connectivity index (χ0v) is 14.5. The maximum absolute atomic E-state index is 13.1. The van der Waals surface area contributed by atoms with Crippen molar-refractivity contribution in [1.82, 2.24) is 9.21 Å². The Labute approximate surface area is 142 Å². The summed E-state index contributed by atoms with van der Waals surface area (Å²) in [6.45, 7) is 1.75. The summed E-state index contributed by atoms with van der Waals surface area (Å²) in [6.07, 6.45) is 5.41. The minimum absolute atomic E-state index is 0.0412. The van der Waals surface area contributed by atoms with Crippen LogP contribution in [0.3, 0.4) is 0 Å². The third-order valence-electron chi connectivity index (χ3n) is 4.83. The Morgan fingerprint density at radius 3 is 2.21 bits per heavy atom. The molecule has 2 saturated heterocycles. The summed E-state index contributed by atoms with van der Waals surface area (Å²) >= 11 is 0. The molecule has 24 heavy (non-hydrogen) atoms. The molecule has 0 bridgehead atoms. The Balaban J connectivity index is 1.81. The second-order valence-corrected chi connectivity index (χ2v) is 8.36. The van der Waals surface area contributed by atoms with E-state index in [1.165, 1.54) is 16.4 Å². The van der Waals surface area contributed by atoms with Crippen LogP contribution in [0.25, 0.3) is 0 Å². The van der Waals surface area contributed by atoms with Crippen LogP contribution >= 0.6 is 0 Å². The first kappa shape index (κ1) is 17.4. The molecule has 132 valence electrons. The average Bonchev–Trinajstić information content (AvgIpc) is 2.91. The van der Waals surface area contributed by atoms with E-state index in [4.69, 9.17) is 0 Å². The molecule has 0 aromatic heterocycles. The van der Waals surface area contributed by atoms with Crippen molar-refractivity contribution in [2.45, 2.75) is 49.5 Å². The molecule has 1 amide bonds. The lowest BCUT2D eigenvalue weighted by Crippen LogP contribution is -2.48. The minimum Gasteiger partial charge on any atom is -0.341 e. The maximum atomic E-state index is 13.1. The van der Waals surface area contributed by atoms with E-state index in [-0.39, 0.29) is 10.8 Å². The summed E-state index contributed by atoms with van der Waals surface area (Å²) in [5.41, 5.74) is 0. The Kier molecular flexibility index (Phi) is 5.20. The monoisotopic (exact) mass is 354 g/mol. The molecule has 5 nitrogen and oxygen atoms in total. The molecule has 2 aliphatic heterocycles. The van der Waals surface area contributed by atoms with Crippen molar-refractivity contribution in [1.29, 1.82) is 0 Å². The first-order valence-electron chi connectivity index (χ1n) is 8.56. The standard InChI is InChI=1S/C17H23FN2O3S/c18-14-7-9-15(10-8-14)24(22,23)20-13-5-6-16(20)17(21)19-11-3-1-2-4-12-19/h7-10,16H,1-6,11-13H2. The second kappa shape index (κ2) is 7.19. The molecule has 7 heteroatoms. The molecule has 2 fully saturated rings. The lowest BCUT2D eigenvalue weighted by Gasteiger charge is -2.29. The number of hydrogen-bond acceptors (Lipinski definition) is 3. The largest absolute Gasteiger partial charge is 0.341 e. The molecular weight excluding hydrogens is 331 g/mol. The SMILES string of the molecule is O=C(C1CCCN1S(=O)(=O)c1ccc(F)cc1)N1CCCCCC1. The molecule has 0 spiro atoms. The lowest BCUT2D eigenvalue weighted by molar-refractivity contribution is -0.134. The molecule has 1 aromatic carbocycles. The van der Waals surface area contributed by atoms with Crippen molar-refractivity contribution in [3.05, 3.63) is 30.1 Å². The van der Waals surface area contributed by atoms with Crippen molar-refractivity contribution >= 4 is 15.9 Å². The summed E-state index contributed by atoms with van der Waals surface area (Å²) in [7, 11) is -3.78. The van der Waals surface area contributed by atoms with Gasteiger partial charge in [-0.15, -0.1) is 0 Å². The molecule has 1 aromatic rings. The molecule has 0 N–H and O–H groups in total. The van der Waals surface area contributed by atoms with E-state index in [1.807, 2.05) is 4.90 Å². The number of amides is 1. The first-order chi connectivity index (χ1) is 11.5. The summed E-state index contributed by atoms with van der Waals surface area (Å²) < 4.78 is 40.1. The molecule has 0 aliphatic carbocycles. The molecule has 2 heterocycles. The quantitative estimate of drug-likeness (QED) is 0.837. The van der Waals surface area contributed by atoms with E-state index >= 15 is 0 Å². The average molecular weight is 354 g/mol. The zero-order valence-electron chi connectivity index (χ0n) is 13.7. The van der Waals surface area contributed by atoms with E-state index in [2.05, 4.69) is 0 Å². The highest BCUT2D eigenvalue weighted by atomic mass is 32.2. The Bertz CT molecular complexity index is 682. The number of sulfonamides is 1. The fraction of sp³-hybridized carbons (Fsp3) is 0.588. The van der Waals surface area contributed by atoms with Crippen LogP contribution < -0.4 is 0 Å². The minimum atomic E-state index is -3.78. The van der Waals surface area contributed by atoms with Gasteiger partial charge in [-0.2, -0.15) is 4.31 Å². The maximum Gasteiger partial charge on any atom is 0.243 e. The van der Waals surface area contributed by atoms with Gasteiger partial charge >= 0.3 is 0 Å². The molecule has 2 aliphatic rings. The number of rotatable bonds is 3. The fourth-order valence-electron chi connectivity index (χ4n) is 3.52. The summed E-state index contributed by atoms with van der Waals surface area (Å²) in [5, 5.41) is 0. The molecule has 0 saturated carbocycles. The van der Waals surface area contributed by atoms with E-state index in [9.17, 15) is 17.6 Å². The molecular formula is C17H23FN2O3S. The van der Waals surface area contributed by atoms with E-state index in [0.717, 1.165) is 37.8 Å². The van der Waals surface area contributed by atoms with Crippen LogP contribution in [0.2, 0.25) is 0 Å². The van der Waals surface area contributed by atoms with Gasteiger partial charge in [-0.3, -0.25) is 4.79 Å². The summed E-state index contributed by atoms with van der Waals surface area (Å²) in [6, 6.07) is 4.16. The van der Waals surface area contributed by atoms with Gasteiger partial charge in [-0.05, 0) is 49.9 Å². The number of carbonyl (C=O) groups is 1. The van der Waals surface area contributed by atoms with E-state index < -0.39 is 21.9 Å². The number of likely N-dealkylation sites (tertiary alicyclic amines) is 1. The van der Waals surface area contributed by atoms with Crippen LogP contribution in [0.15, 0.2) is 29.2 Å². The second-order valence-electron chi connectivity index (χ2n) is 6.47. The smallest absolute Gasteiger partial charge is 0.243 e. The third-order valence-corrected chi connectivity index (χ3v) is 6.75. The van der Waals surface area contributed by atoms with Gasteiger partial charge in [0.1, 0.15) is 11.9 Å². The summed E-state index contributed by atoms with van der Waals surface area (Å²) in [5.74, 6) is -0.562. The van der Waals surface area contributed by atoms with Crippen molar-refractivity contribution in [3.63, 3.8) is 0 Å². The molecule has 3 rings (SSSR count). The van der Waals surface area contributed by atoms with Crippen LogP contribution in [0.1, 0.15) is 38.5 Å². The highest BCUT2D eigenvalue weighted by Gasteiger charge is 2.41. The van der Waals surface area contributed by atoms with Gasteiger partial charge in [-0.25, -0.2) is 12.8 Å². The fourth-order valence-corrected chi connectivity index (χ4v) is 5.17. The van der Waals surface area contributed by atoms with Gasteiger partial charge in [0.15, 0.2) is 0 Å². The predicted molar refractivity (Wildman–Crippen MR) is 88.4 cm³/mol. The van der Waals surface area contributed by atoms with Gasteiger partial charge in [0, 0.05) is 19.6 Å². The van der Waals surface area contributed by atoms with Gasteiger partial charge in [0.2, 0.25) is 15.9 Å². The van der Waals surface area contributed by atoms with Gasteiger partial charge in [0.05, 0.1) is 4.90 Å². The van der Waals surface area contributed by atoms with E-state index in [1.54, 1.807) is 0 Å². The normalized spacial score (nSPS) is 23.2. The predicted octanol–water partition coefficient (Wildman–Crippen LogP) is 2.38. The van der Waals surface area contributed by atoms with Gasteiger partial charge in [0.25, 0.3) is 0 Å². The third kappa shape index (κ3) is 3.47. The van der Waals surface area contributed by atoms with Crippen LogP contribution in [0, 0.1) is 5.82 Å². The first-order valence-corrected chi connectivity index (χ1v) is 10.0. The number of nitrogens with zero attached hydrogens (tertiary/aromatic N) is 2. The zero-order chi connectivity index (χ0) is 17.2. The van der Waals surface area contributed by atoms with Crippen molar-refractivity contribution < 1.29 is 17.6 Å². The molecule has 1 unspecified atom stereocenters. The number of halogens is 1. The Morgan fingerprint density at radius 2 is 1.58 bits per heavy atom. The van der Waals surface area contributed by atoms with Crippen LogP contribution in [0.5, 0.6) is 0 Å². The molecule has 0 radical (unpaired) electrons. The highest BCUT2D eigenvalue weighted by molar-refractivity contribution is 7.89. The number of carbonyl (C=O) groups excluding carboxylic acids is 1. The number of hydrogen-bond donors (Lipinski definition) is 0. The van der Waals surface area contributed by atoms with Crippen LogP contribution in [0.4, 0.5) is 4.39 Å². The van der Waals surface area contributed by atoms with Crippen LogP contribution in [-0.4, -0.2) is 49.2 Å². The van der Waals surface area contributed by atoms with Gasteiger partial charge < -0.3 is 4.90 Å². The van der Waals surface area contributed by atoms with E-state index in [0.29, 0.717) is 32.5 Å². The number of benzene rings is 1. The van der Waals surface area contributed by atoms with Crippen LogP contribution in [-0.2, 0) is 14.8 Å². The topological polar surface area (TPSA) is 57.7 Å². The Morgan fingerprint density at radius 1 is 0.958 bits per heavy atom. The summed E-state index contributed by atoms with van der Waals surface area (Å²) in [4.78, 5) is 14.7.